The molecule has 1 N–H and O–H groups in total. The van der Waals surface area contributed by atoms with E-state index in [1.807, 2.05) is 0 Å². The maximum Gasteiger partial charge on any atom is 0.435 e. The number of rotatable bonds is 5. The standard InChI is InChI=1S/C19H11ClF5N5O/c20-10-1-6-14-29-16(19(23,24)25)15(30(14)9-10)17-26-8-7-13(28-17)27-11-2-4-12(5-3-11)31-18(21)22/h1-9,18H,(H,26,27,28). The van der Waals surface area contributed by atoms with Crippen LogP contribution in [-0.4, -0.2) is 26.0 Å². The molecule has 31 heavy (non-hydrogen) atoms. The number of hydrogen-bond acceptors (Lipinski definition) is 5. The molecule has 0 fully saturated rings. The molecule has 3 aromatic heterocycles. The molecule has 0 bridgehead atoms. The predicted molar refractivity (Wildman–Crippen MR) is 103 cm³/mol. The molecule has 0 radical (unpaired) electrons. The van der Waals surface area contributed by atoms with Gasteiger partial charge in [0, 0.05) is 18.1 Å². The lowest BCUT2D eigenvalue weighted by molar-refractivity contribution is -0.140. The Hall–Kier alpha value is -3.47. The molecule has 6 nitrogen and oxygen atoms in total. The van der Waals surface area contributed by atoms with Gasteiger partial charge in [-0.2, -0.15) is 22.0 Å². The fourth-order valence-corrected chi connectivity index (χ4v) is 3.00. The van der Waals surface area contributed by atoms with E-state index in [1.54, 1.807) is 0 Å². The van der Waals surface area contributed by atoms with Crippen molar-refractivity contribution < 1.29 is 26.7 Å². The van der Waals surface area contributed by atoms with Crippen molar-refractivity contribution in [2.24, 2.45) is 0 Å². The zero-order valence-corrected chi connectivity index (χ0v) is 16.0. The number of hydrogen-bond donors (Lipinski definition) is 1. The molecule has 12 heteroatoms. The molecule has 0 amide bonds. The van der Waals surface area contributed by atoms with Crippen molar-refractivity contribution >= 4 is 28.8 Å². The van der Waals surface area contributed by atoms with Crippen LogP contribution in [0.3, 0.4) is 0 Å². The van der Waals surface area contributed by atoms with Crippen LogP contribution in [-0.2, 0) is 6.18 Å². The summed E-state index contributed by atoms with van der Waals surface area (Å²) in [5.41, 5.74) is -1.04. The van der Waals surface area contributed by atoms with Gasteiger partial charge in [-0.25, -0.2) is 15.0 Å². The largest absolute Gasteiger partial charge is 0.435 e. The first-order valence-electron chi connectivity index (χ1n) is 8.61. The first kappa shape index (κ1) is 20.8. The van der Waals surface area contributed by atoms with Crippen LogP contribution in [0.15, 0.2) is 54.9 Å². The Morgan fingerprint density at radius 2 is 1.74 bits per heavy atom. The Labute approximate surface area is 176 Å². The van der Waals surface area contributed by atoms with E-state index in [-0.39, 0.29) is 33.8 Å². The van der Waals surface area contributed by atoms with Crippen molar-refractivity contribution in [3.05, 3.63) is 65.6 Å². The normalized spacial score (nSPS) is 11.8. The Balaban J connectivity index is 1.72. The highest BCUT2D eigenvalue weighted by Crippen LogP contribution is 2.36. The quantitative estimate of drug-likeness (QED) is 0.385. The molecule has 4 aromatic rings. The molecule has 160 valence electrons. The number of aromatic nitrogens is 4. The average molecular weight is 456 g/mol. The SMILES string of the molecule is FC(F)Oc1ccc(Nc2ccnc(-c3c(C(F)(F)F)nc4ccc(Cl)cn34)n2)cc1. The van der Waals surface area contributed by atoms with Crippen molar-refractivity contribution in [1.29, 1.82) is 0 Å². The smallest absolute Gasteiger partial charge is 0.435 e. The first-order valence-corrected chi connectivity index (χ1v) is 8.98. The molecule has 0 aliphatic heterocycles. The summed E-state index contributed by atoms with van der Waals surface area (Å²) in [6, 6.07) is 9.75. The number of imidazole rings is 1. The Kier molecular flexibility index (Phi) is 5.36. The van der Waals surface area contributed by atoms with Gasteiger partial charge in [-0.05, 0) is 42.5 Å². The van der Waals surface area contributed by atoms with Crippen molar-refractivity contribution in [3.63, 3.8) is 0 Å². The Bertz CT molecular complexity index is 1230. The van der Waals surface area contributed by atoms with Gasteiger partial charge in [0.2, 0.25) is 0 Å². The first-order chi connectivity index (χ1) is 14.7. The molecule has 1 aromatic carbocycles. The summed E-state index contributed by atoms with van der Waals surface area (Å²) in [5, 5.41) is 3.08. The monoisotopic (exact) mass is 455 g/mol. The number of benzene rings is 1. The number of fused-ring (bicyclic) bond motifs is 1. The number of nitrogens with zero attached hydrogens (tertiary/aromatic N) is 4. The minimum atomic E-state index is -4.75. The summed E-state index contributed by atoms with van der Waals surface area (Å²) >= 11 is 5.94. The van der Waals surface area contributed by atoms with Crippen LogP contribution in [0.2, 0.25) is 5.02 Å². The number of pyridine rings is 1. The molecule has 0 aliphatic carbocycles. The van der Waals surface area contributed by atoms with E-state index in [0.29, 0.717) is 5.69 Å². The highest BCUT2D eigenvalue weighted by atomic mass is 35.5. The van der Waals surface area contributed by atoms with Gasteiger partial charge in [-0.1, -0.05) is 11.6 Å². The van der Waals surface area contributed by atoms with Crippen molar-refractivity contribution in [3.8, 4) is 17.3 Å². The van der Waals surface area contributed by atoms with Gasteiger partial charge in [-0.15, -0.1) is 0 Å². The Morgan fingerprint density at radius 1 is 1.00 bits per heavy atom. The van der Waals surface area contributed by atoms with Gasteiger partial charge in [0.15, 0.2) is 11.5 Å². The highest BCUT2D eigenvalue weighted by molar-refractivity contribution is 6.30. The van der Waals surface area contributed by atoms with Gasteiger partial charge in [0.05, 0.1) is 5.02 Å². The topological polar surface area (TPSA) is 64.3 Å². The van der Waals surface area contributed by atoms with Gasteiger partial charge in [-0.3, -0.25) is 4.40 Å². The van der Waals surface area contributed by atoms with E-state index in [9.17, 15) is 22.0 Å². The zero-order chi connectivity index (χ0) is 22.2. The van der Waals surface area contributed by atoms with Gasteiger partial charge in [0.25, 0.3) is 0 Å². The molecule has 0 atom stereocenters. The summed E-state index contributed by atoms with van der Waals surface area (Å²) in [6.07, 6.45) is -2.18. The lowest BCUT2D eigenvalue weighted by atomic mass is 10.3. The zero-order valence-electron chi connectivity index (χ0n) is 15.2. The third-order valence-electron chi connectivity index (χ3n) is 4.07. The predicted octanol–water partition coefficient (Wildman–Crippen LogP) is 5.81. The lowest BCUT2D eigenvalue weighted by Gasteiger charge is -2.10. The average Bonchev–Trinajstić information content (AvgIpc) is 3.08. The summed E-state index contributed by atoms with van der Waals surface area (Å²) in [5.74, 6) is -0.0938. The molecule has 0 spiro atoms. The number of ether oxygens (including phenoxy) is 1. The van der Waals surface area contributed by atoms with E-state index in [1.165, 1.54) is 59.3 Å². The highest BCUT2D eigenvalue weighted by Gasteiger charge is 2.39. The second-order valence-electron chi connectivity index (χ2n) is 6.18. The van der Waals surface area contributed by atoms with Crippen molar-refractivity contribution in [1.82, 2.24) is 19.4 Å². The molecule has 4 rings (SSSR count). The van der Waals surface area contributed by atoms with Crippen LogP contribution < -0.4 is 10.1 Å². The minimum Gasteiger partial charge on any atom is -0.435 e. The second kappa shape index (κ2) is 7.99. The summed E-state index contributed by atoms with van der Waals surface area (Å²) in [6.45, 7) is -2.95. The fourth-order valence-electron chi connectivity index (χ4n) is 2.84. The minimum absolute atomic E-state index is 0.0308. The number of anilines is 2. The van der Waals surface area contributed by atoms with Crippen molar-refractivity contribution in [2.75, 3.05) is 5.32 Å². The van der Waals surface area contributed by atoms with E-state index in [4.69, 9.17) is 11.6 Å². The number of halogens is 6. The van der Waals surface area contributed by atoms with E-state index in [2.05, 4.69) is 25.0 Å². The van der Waals surface area contributed by atoms with Crippen LogP contribution in [0.4, 0.5) is 33.5 Å². The van der Waals surface area contributed by atoms with Crippen LogP contribution in [0.25, 0.3) is 17.2 Å². The molecule has 0 unspecified atom stereocenters. The third kappa shape index (κ3) is 4.50. The van der Waals surface area contributed by atoms with E-state index < -0.39 is 18.5 Å². The lowest BCUT2D eigenvalue weighted by Crippen LogP contribution is -2.09. The van der Waals surface area contributed by atoms with Crippen LogP contribution >= 0.6 is 11.6 Å². The number of nitrogens with one attached hydrogen (secondary N) is 1. The Morgan fingerprint density at radius 3 is 2.42 bits per heavy atom. The van der Waals surface area contributed by atoms with Gasteiger partial charge in [0.1, 0.15) is 22.9 Å². The second-order valence-corrected chi connectivity index (χ2v) is 6.61. The molecular formula is C19H11ClF5N5O. The summed E-state index contributed by atoms with van der Waals surface area (Å²) < 4.78 is 70.7. The van der Waals surface area contributed by atoms with Gasteiger partial charge >= 0.3 is 12.8 Å². The molecule has 0 aliphatic rings. The summed E-state index contributed by atoms with van der Waals surface area (Å²) in [4.78, 5) is 11.8. The maximum absolute atomic E-state index is 13.6. The molecule has 0 saturated carbocycles. The van der Waals surface area contributed by atoms with E-state index >= 15 is 0 Å². The van der Waals surface area contributed by atoms with Gasteiger partial charge < -0.3 is 10.1 Å². The summed E-state index contributed by atoms with van der Waals surface area (Å²) in [7, 11) is 0. The molecule has 3 heterocycles. The molecule has 0 saturated heterocycles. The van der Waals surface area contributed by atoms with Crippen LogP contribution in [0.1, 0.15) is 5.69 Å². The molecular weight excluding hydrogens is 445 g/mol. The van der Waals surface area contributed by atoms with Crippen LogP contribution in [0, 0.1) is 0 Å². The maximum atomic E-state index is 13.6. The van der Waals surface area contributed by atoms with E-state index in [0.717, 1.165) is 0 Å². The number of alkyl halides is 5. The third-order valence-corrected chi connectivity index (χ3v) is 4.29. The fraction of sp³-hybridized carbons (Fsp3) is 0.105. The van der Waals surface area contributed by atoms with Crippen molar-refractivity contribution in [2.45, 2.75) is 12.8 Å². The van der Waals surface area contributed by atoms with Crippen LogP contribution in [0.5, 0.6) is 5.75 Å².